The number of para-hydroxylation sites is 1. The number of nitrogens with one attached hydrogen (secondary N) is 1. The number of carbonyl (C=O) groups is 1. The molecule has 0 saturated carbocycles. The van der Waals surface area contributed by atoms with Gasteiger partial charge in [0.25, 0.3) is 5.91 Å². The summed E-state index contributed by atoms with van der Waals surface area (Å²) < 4.78 is 17.8. The number of hydrogen-bond acceptors (Lipinski definition) is 4. The fourth-order valence-electron chi connectivity index (χ4n) is 2.64. The van der Waals surface area contributed by atoms with Crippen LogP contribution in [0.4, 0.5) is 5.69 Å². The Hall–Kier alpha value is -2.74. The van der Waals surface area contributed by atoms with Gasteiger partial charge in [-0.25, -0.2) is 0 Å². The van der Waals surface area contributed by atoms with E-state index >= 15 is 0 Å². The molecule has 0 radical (unpaired) electrons. The van der Waals surface area contributed by atoms with E-state index in [1.54, 1.807) is 12.1 Å². The van der Waals surface area contributed by atoms with Gasteiger partial charge in [0, 0.05) is 9.13 Å². The second-order valence-electron chi connectivity index (χ2n) is 5.92. The van der Waals surface area contributed by atoms with Crippen LogP contribution in [-0.2, 0) is 6.61 Å². The summed E-state index contributed by atoms with van der Waals surface area (Å²) in [5, 5.41) is 2.91. The maximum absolute atomic E-state index is 12.7. The van der Waals surface area contributed by atoms with E-state index in [0.717, 1.165) is 14.8 Å². The zero-order chi connectivity index (χ0) is 19.9. The highest BCUT2D eigenvalue weighted by atomic mass is 127. The van der Waals surface area contributed by atoms with Crippen molar-refractivity contribution in [3.05, 3.63) is 81.4 Å². The first-order valence-corrected chi connectivity index (χ1v) is 9.69. The first-order valence-electron chi connectivity index (χ1n) is 8.61. The molecule has 0 spiro atoms. The Labute approximate surface area is 177 Å². The molecule has 6 heteroatoms. The van der Waals surface area contributed by atoms with Crippen molar-refractivity contribution in [3.63, 3.8) is 0 Å². The maximum Gasteiger partial charge on any atom is 0.255 e. The van der Waals surface area contributed by atoms with E-state index in [0.29, 0.717) is 29.4 Å². The molecule has 0 atom stereocenters. The summed E-state index contributed by atoms with van der Waals surface area (Å²) in [4.78, 5) is 12.7. The summed E-state index contributed by atoms with van der Waals surface area (Å²) in [7, 11) is 3.07. The zero-order valence-corrected chi connectivity index (χ0v) is 17.7. The molecule has 28 heavy (non-hydrogen) atoms. The Morgan fingerprint density at radius 2 is 1.54 bits per heavy atom. The number of amides is 1. The van der Waals surface area contributed by atoms with Gasteiger partial charge in [-0.1, -0.05) is 42.5 Å². The molecule has 0 heterocycles. The van der Waals surface area contributed by atoms with Crippen LogP contribution in [0.25, 0.3) is 0 Å². The van der Waals surface area contributed by atoms with Crippen molar-refractivity contribution in [2.24, 2.45) is 0 Å². The van der Waals surface area contributed by atoms with Gasteiger partial charge >= 0.3 is 0 Å². The average molecular weight is 489 g/mol. The van der Waals surface area contributed by atoms with E-state index in [4.69, 9.17) is 14.2 Å². The first-order chi connectivity index (χ1) is 13.6. The minimum Gasteiger partial charge on any atom is -0.493 e. The minimum atomic E-state index is -0.254. The van der Waals surface area contributed by atoms with E-state index in [1.807, 2.05) is 54.6 Å². The van der Waals surface area contributed by atoms with Gasteiger partial charge in [0.15, 0.2) is 11.5 Å². The van der Waals surface area contributed by atoms with Crippen LogP contribution < -0.4 is 19.5 Å². The lowest BCUT2D eigenvalue weighted by molar-refractivity contribution is 0.102. The third-order valence-electron chi connectivity index (χ3n) is 4.07. The number of rotatable bonds is 7. The van der Waals surface area contributed by atoms with Crippen molar-refractivity contribution in [2.45, 2.75) is 6.61 Å². The van der Waals surface area contributed by atoms with Crippen LogP contribution in [0.5, 0.6) is 17.2 Å². The van der Waals surface area contributed by atoms with E-state index < -0.39 is 0 Å². The molecule has 0 unspecified atom stereocenters. The SMILES string of the molecule is COc1cc(C(=O)Nc2ccccc2I)cc(OC)c1OCc1ccccc1. The van der Waals surface area contributed by atoms with E-state index in [-0.39, 0.29) is 5.91 Å². The Balaban J connectivity index is 1.85. The van der Waals surface area contributed by atoms with Crippen molar-refractivity contribution >= 4 is 34.2 Å². The summed E-state index contributed by atoms with van der Waals surface area (Å²) in [5.41, 5.74) is 2.18. The molecular formula is C22H20INO4. The Bertz CT molecular complexity index is 935. The summed E-state index contributed by atoms with van der Waals surface area (Å²) in [6, 6.07) is 20.7. The van der Waals surface area contributed by atoms with Gasteiger partial charge in [-0.3, -0.25) is 4.79 Å². The molecule has 3 rings (SSSR count). The normalized spacial score (nSPS) is 10.2. The Morgan fingerprint density at radius 3 is 2.14 bits per heavy atom. The monoisotopic (exact) mass is 489 g/mol. The number of ether oxygens (including phenoxy) is 3. The molecule has 0 aliphatic rings. The van der Waals surface area contributed by atoms with Crippen molar-refractivity contribution in [3.8, 4) is 17.2 Å². The highest BCUT2D eigenvalue weighted by Crippen LogP contribution is 2.39. The quantitative estimate of drug-likeness (QED) is 0.467. The molecule has 3 aromatic rings. The standard InChI is InChI=1S/C22H20INO4/c1-26-19-12-16(22(25)24-18-11-7-6-10-17(18)23)13-20(27-2)21(19)28-14-15-8-4-3-5-9-15/h3-13H,14H2,1-2H3,(H,24,25). The van der Waals surface area contributed by atoms with Gasteiger partial charge in [-0.05, 0) is 52.4 Å². The number of anilines is 1. The average Bonchev–Trinajstić information content (AvgIpc) is 2.73. The molecule has 3 aromatic carbocycles. The third-order valence-corrected chi connectivity index (χ3v) is 5.01. The summed E-state index contributed by atoms with van der Waals surface area (Å²) >= 11 is 2.18. The molecule has 1 N–H and O–H groups in total. The molecule has 5 nitrogen and oxygen atoms in total. The second-order valence-corrected chi connectivity index (χ2v) is 7.08. The molecule has 144 valence electrons. The molecule has 0 aliphatic carbocycles. The fourth-order valence-corrected chi connectivity index (χ4v) is 3.16. The van der Waals surface area contributed by atoms with Gasteiger partial charge in [0.2, 0.25) is 5.75 Å². The number of halogens is 1. The largest absolute Gasteiger partial charge is 0.493 e. The zero-order valence-electron chi connectivity index (χ0n) is 15.6. The van der Waals surface area contributed by atoms with Gasteiger partial charge in [-0.15, -0.1) is 0 Å². The lowest BCUT2D eigenvalue weighted by Crippen LogP contribution is -2.13. The van der Waals surface area contributed by atoms with Gasteiger partial charge in [0.05, 0.1) is 19.9 Å². The van der Waals surface area contributed by atoms with Crippen LogP contribution in [-0.4, -0.2) is 20.1 Å². The van der Waals surface area contributed by atoms with E-state index in [2.05, 4.69) is 27.9 Å². The molecule has 0 aromatic heterocycles. The van der Waals surface area contributed by atoms with Crippen molar-refractivity contribution in [1.29, 1.82) is 0 Å². The second kappa shape index (κ2) is 9.45. The minimum absolute atomic E-state index is 0.254. The lowest BCUT2D eigenvalue weighted by Gasteiger charge is -2.16. The predicted octanol–water partition coefficient (Wildman–Crippen LogP) is 5.14. The lowest BCUT2D eigenvalue weighted by atomic mass is 10.1. The third kappa shape index (κ3) is 4.75. The van der Waals surface area contributed by atoms with Crippen molar-refractivity contribution in [1.82, 2.24) is 0 Å². The fraction of sp³-hybridized carbons (Fsp3) is 0.136. The molecule has 0 aliphatic heterocycles. The highest BCUT2D eigenvalue weighted by Gasteiger charge is 2.18. The van der Waals surface area contributed by atoms with E-state index in [1.165, 1.54) is 14.2 Å². The number of hydrogen-bond donors (Lipinski definition) is 1. The maximum atomic E-state index is 12.7. The van der Waals surface area contributed by atoms with Gasteiger partial charge < -0.3 is 19.5 Å². The van der Waals surface area contributed by atoms with Crippen LogP contribution in [0.2, 0.25) is 0 Å². The van der Waals surface area contributed by atoms with Gasteiger partial charge in [0.1, 0.15) is 6.61 Å². The molecular weight excluding hydrogens is 469 g/mol. The predicted molar refractivity (Wildman–Crippen MR) is 117 cm³/mol. The molecule has 1 amide bonds. The highest BCUT2D eigenvalue weighted by molar-refractivity contribution is 14.1. The Morgan fingerprint density at radius 1 is 0.929 bits per heavy atom. The number of benzene rings is 3. The molecule has 0 saturated heterocycles. The smallest absolute Gasteiger partial charge is 0.255 e. The summed E-state index contributed by atoms with van der Waals surface area (Å²) in [6.07, 6.45) is 0. The van der Waals surface area contributed by atoms with Crippen molar-refractivity contribution in [2.75, 3.05) is 19.5 Å². The molecule has 0 fully saturated rings. The number of methoxy groups -OCH3 is 2. The number of carbonyl (C=O) groups excluding carboxylic acids is 1. The topological polar surface area (TPSA) is 56.8 Å². The summed E-state index contributed by atoms with van der Waals surface area (Å²) in [6.45, 7) is 0.362. The van der Waals surface area contributed by atoms with Crippen LogP contribution in [0.3, 0.4) is 0 Å². The Kier molecular flexibility index (Phi) is 6.76. The van der Waals surface area contributed by atoms with Crippen LogP contribution >= 0.6 is 22.6 Å². The summed E-state index contributed by atoms with van der Waals surface area (Å²) in [5.74, 6) is 1.07. The molecule has 0 bridgehead atoms. The van der Waals surface area contributed by atoms with Crippen LogP contribution in [0.15, 0.2) is 66.7 Å². The van der Waals surface area contributed by atoms with Crippen LogP contribution in [0.1, 0.15) is 15.9 Å². The van der Waals surface area contributed by atoms with Gasteiger partial charge in [-0.2, -0.15) is 0 Å². The van der Waals surface area contributed by atoms with Crippen molar-refractivity contribution < 1.29 is 19.0 Å². The van der Waals surface area contributed by atoms with E-state index in [9.17, 15) is 4.79 Å². The first kappa shape index (κ1) is 20.0. The van der Waals surface area contributed by atoms with Crippen LogP contribution in [0, 0.1) is 3.57 Å².